The zero-order valence-corrected chi connectivity index (χ0v) is 14.9. The van der Waals surface area contributed by atoms with Gasteiger partial charge in [-0.3, -0.25) is 24.5 Å². The van der Waals surface area contributed by atoms with Gasteiger partial charge in [0, 0.05) is 23.8 Å². The quantitative estimate of drug-likeness (QED) is 0.409. The third kappa shape index (κ3) is 3.12. The SMILES string of the molecule is Cc1cc(NC(=O)c2ccc(N3C(=O)c4ccc([N+](=O)[O-])cc4C3=O)cc2)no1. The van der Waals surface area contributed by atoms with Crippen molar-refractivity contribution < 1.29 is 23.8 Å². The van der Waals surface area contributed by atoms with E-state index in [0.29, 0.717) is 5.76 Å². The fourth-order valence-corrected chi connectivity index (χ4v) is 2.95. The number of carbonyl (C=O) groups is 3. The average molecular weight is 392 g/mol. The largest absolute Gasteiger partial charge is 0.360 e. The summed E-state index contributed by atoms with van der Waals surface area (Å²) < 4.78 is 4.88. The number of nitrogens with zero attached hydrogens (tertiary/aromatic N) is 3. The Morgan fingerprint density at radius 1 is 1.07 bits per heavy atom. The summed E-state index contributed by atoms with van der Waals surface area (Å²) in [5.74, 6) is -0.887. The Labute approximate surface area is 162 Å². The number of hydrogen-bond donors (Lipinski definition) is 1. The highest BCUT2D eigenvalue weighted by Gasteiger charge is 2.37. The minimum atomic E-state index is -0.663. The van der Waals surface area contributed by atoms with Crippen LogP contribution in [-0.4, -0.2) is 27.8 Å². The molecule has 29 heavy (non-hydrogen) atoms. The molecule has 1 N–H and O–H groups in total. The number of non-ortho nitro benzene ring substituents is 1. The third-order valence-electron chi connectivity index (χ3n) is 4.34. The van der Waals surface area contributed by atoms with Gasteiger partial charge in [-0.2, -0.15) is 0 Å². The fourth-order valence-electron chi connectivity index (χ4n) is 2.95. The summed E-state index contributed by atoms with van der Waals surface area (Å²) in [6, 6.07) is 10.9. The van der Waals surface area contributed by atoms with E-state index in [4.69, 9.17) is 4.52 Å². The number of benzene rings is 2. The van der Waals surface area contributed by atoms with Crippen LogP contribution in [-0.2, 0) is 0 Å². The molecule has 0 saturated heterocycles. The lowest BCUT2D eigenvalue weighted by atomic mass is 10.1. The highest BCUT2D eigenvalue weighted by atomic mass is 16.6. The lowest BCUT2D eigenvalue weighted by Crippen LogP contribution is -2.29. The molecule has 10 heteroatoms. The zero-order valence-electron chi connectivity index (χ0n) is 14.9. The molecule has 1 aromatic heterocycles. The molecule has 144 valence electrons. The van der Waals surface area contributed by atoms with Gasteiger partial charge in [-0.05, 0) is 37.3 Å². The van der Waals surface area contributed by atoms with Gasteiger partial charge in [-0.25, -0.2) is 4.90 Å². The minimum Gasteiger partial charge on any atom is -0.360 e. The summed E-state index contributed by atoms with van der Waals surface area (Å²) in [4.78, 5) is 48.7. The Balaban J connectivity index is 1.57. The Morgan fingerprint density at radius 3 is 2.38 bits per heavy atom. The van der Waals surface area contributed by atoms with Gasteiger partial charge in [-0.1, -0.05) is 5.16 Å². The highest BCUT2D eigenvalue weighted by molar-refractivity contribution is 6.34. The van der Waals surface area contributed by atoms with Crippen LogP contribution in [0.4, 0.5) is 17.2 Å². The van der Waals surface area contributed by atoms with Gasteiger partial charge in [0.1, 0.15) is 5.76 Å². The van der Waals surface area contributed by atoms with Crippen molar-refractivity contribution >= 4 is 34.9 Å². The molecule has 3 aromatic rings. The molecule has 0 saturated carbocycles. The second-order valence-electron chi connectivity index (χ2n) is 6.26. The molecule has 0 aliphatic carbocycles. The number of carbonyl (C=O) groups excluding carboxylic acids is 3. The first-order valence-corrected chi connectivity index (χ1v) is 8.37. The Kier molecular flexibility index (Phi) is 4.15. The van der Waals surface area contributed by atoms with Crippen molar-refractivity contribution in [1.29, 1.82) is 0 Å². The molecule has 2 aromatic carbocycles. The summed E-state index contributed by atoms with van der Waals surface area (Å²) in [5, 5.41) is 17.2. The lowest BCUT2D eigenvalue weighted by molar-refractivity contribution is -0.384. The van der Waals surface area contributed by atoms with Crippen molar-refractivity contribution in [3.05, 3.63) is 81.1 Å². The van der Waals surface area contributed by atoms with Gasteiger partial charge >= 0.3 is 0 Å². The van der Waals surface area contributed by atoms with Gasteiger partial charge in [0.15, 0.2) is 5.82 Å². The molecule has 1 aliphatic rings. The number of nitro benzene ring substituents is 1. The van der Waals surface area contributed by atoms with Crippen LogP contribution in [0.5, 0.6) is 0 Å². The van der Waals surface area contributed by atoms with E-state index in [1.807, 2.05) is 0 Å². The van der Waals surface area contributed by atoms with Crippen molar-refractivity contribution in [3.63, 3.8) is 0 Å². The summed E-state index contributed by atoms with van der Waals surface area (Å²) in [6.45, 7) is 1.69. The van der Waals surface area contributed by atoms with Crippen molar-refractivity contribution in [1.82, 2.24) is 5.16 Å². The average Bonchev–Trinajstić information content (AvgIpc) is 3.22. The van der Waals surface area contributed by atoms with Crippen LogP contribution in [0, 0.1) is 17.0 Å². The van der Waals surface area contributed by atoms with Gasteiger partial charge < -0.3 is 9.84 Å². The number of rotatable bonds is 4. The Hall–Kier alpha value is -4.34. The number of aryl methyl sites for hydroxylation is 1. The van der Waals surface area contributed by atoms with Crippen molar-refractivity contribution in [2.24, 2.45) is 0 Å². The molecule has 0 spiro atoms. The maximum atomic E-state index is 12.6. The first-order chi connectivity index (χ1) is 13.8. The van der Waals surface area contributed by atoms with Gasteiger partial charge in [0.25, 0.3) is 23.4 Å². The van der Waals surface area contributed by atoms with Crippen LogP contribution in [0.15, 0.2) is 53.1 Å². The third-order valence-corrected chi connectivity index (χ3v) is 4.34. The molecule has 0 atom stereocenters. The van der Waals surface area contributed by atoms with E-state index >= 15 is 0 Å². The molecule has 0 radical (unpaired) electrons. The smallest absolute Gasteiger partial charge is 0.270 e. The predicted octanol–water partition coefficient (Wildman–Crippen LogP) is 2.94. The number of anilines is 2. The highest BCUT2D eigenvalue weighted by Crippen LogP contribution is 2.31. The van der Waals surface area contributed by atoms with Crippen LogP contribution in [0.3, 0.4) is 0 Å². The van der Waals surface area contributed by atoms with Crippen molar-refractivity contribution in [2.75, 3.05) is 10.2 Å². The number of hydrogen-bond acceptors (Lipinski definition) is 7. The predicted molar refractivity (Wildman–Crippen MR) is 99.9 cm³/mol. The second kappa shape index (κ2) is 6.68. The molecule has 4 rings (SSSR count). The Morgan fingerprint density at radius 2 is 1.76 bits per heavy atom. The minimum absolute atomic E-state index is 0.0348. The first-order valence-electron chi connectivity index (χ1n) is 8.37. The molecule has 3 amide bonds. The summed E-state index contributed by atoms with van der Waals surface area (Å²) >= 11 is 0. The molecule has 0 fully saturated rings. The van der Waals surface area contributed by atoms with E-state index in [-0.39, 0.29) is 33.9 Å². The monoisotopic (exact) mass is 392 g/mol. The van der Waals surface area contributed by atoms with Crippen molar-refractivity contribution in [3.8, 4) is 0 Å². The van der Waals surface area contributed by atoms with Gasteiger partial charge in [-0.15, -0.1) is 0 Å². The van der Waals surface area contributed by atoms with Crippen LogP contribution >= 0.6 is 0 Å². The molecular formula is C19H12N4O6. The summed E-state index contributed by atoms with van der Waals surface area (Å²) in [6.07, 6.45) is 0. The number of nitrogens with one attached hydrogen (secondary N) is 1. The number of amides is 3. The van der Waals surface area contributed by atoms with E-state index in [2.05, 4.69) is 10.5 Å². The molecule has 0 unspecified atom stereocenters. The number of nitro groups is 1. The van der Waals surface area contributed by atoms with E-state index in [1.165, 1.54) is 36.4 Å². The summed E-state index contributed by atoms with van der Waals surface area (Å²) in [5.41, 5.74) is 0.299. The van der Waals surface area contributed by atoms with Crippen LogP contribution in [0.2, 0.25) is 0 Å². The standard InChI is InChI=1S/C19H12N4O6/c1-10-8-16(21-29-10)20-17(24)11-2-4-12(5-3-11)22-18(25)14-7-6-13(23(27)28)9-15(14)19(22)26/h2-9H,1H3,(H,20,21,24). The number of imide groups is 1. The van der Waals surface area contributed by atoms with E-state index < -0.39 is 22.6 Å². The lowest BCUT2D eigenvalue weighted by Gasteiger charge is -2.14. The molecule has 1 aliphatic heterocycles. The topological polar surface area (TPSA) is 136 Å². The molecule has 0 bridgehead atoms. The maximum absolute atomic E-state index is 12.6. The fraction of sp³-hybridized carbons (Fsp3) is 0.0526. The van der Waals surface area contributed by atoms with Gasteiger partial charge in [0.05, 0.1) is 21.7 Å². The number of fused-ring (bicyclic) bond motifs is 1. The van der Waals surface area contributed by atoms with Crippen molar-refractivity contribution in [2.45, 2.75) is 6.92 Å². The van der Waals surface area contributed by atoms with E-state index in [1.54, 1.807) is 13.0 Å². The first kappa shape index (κ1) is 18.0. The Bertz CT molecular complexity index is 1180. The summed E-state index contributed by atoms with van der Waals surface area (Å²) in [7, 11) is 0. The normalized spacial score (nSPS) is 12.8. The number of aromatic nitrogens is 1. The second-order valence-corrected chi connectivity index (χ2v) is 6.26. The van der Waals surface area contributed by atoms with E-state index in [0.717, 1.165) is 11.0 Å². The molecule has 2 heterocycles. The molecular weight excluding hydrogens is 380 g/mol. The van der Waals surface area contributed by atoms with Crippen LogP contribution in [0.25, 0.3) is 0 Å². The maximum Gasteiger partial charge on any atom is 0.270 e. The van der Waals surface area contributed by atoms with E-state index in [9.17, 15) is 24.5 Å². The van der Waals surface area contributed by atoms with Crippen LogP contribution < -0.4 is 10.2 Å². The zero-order chi connectivity index (χ0) is 20.7. The van der Waals surface area contributed by atoms with Gasteiger partial charge in [0.2, 0.25) is 0 Å². The molecule has 10 nitrogen and oxygen atoms in total. The van der Waals surface area contributed by atoms with Crippen LogP contribution in [0.1, 0.15) is 36.8 Å².